The van der Waals surface area contributed by atoms with Crippen LogP contribution < -0.4 is 5.56 Å². The molecule has 7 heteroatoms. The number of pyridine rings is 1. The van der Waals surface area contributed by atoms with Gasteiger partial charge in [0.2, 0.25) is 0 Å². The molecule has 0 fully saturated rings. The highest BCUT2D eigenvalue weighted by Crippen LogP contribution is 2.33. The van der Waals surface area contributed by atoms with Gasteiger partial charge in [0.15, 0.2) is 0 Å². The Morgan fingerprint density at radius 1 is 1.22 bits per heavy atom. The van der Waals surface area contributed by atoms with Gasteiger partial charge in [-0.15, -0.1) is 0 Å². The second kappa shape index (κ2) is 3.34. The van der Waals surface area contributed by atoms with E-state index in [0.717, 1.165) is 12.1 Å². The van der Waals surface area contributed by atoms with Crippen molar-refractivity contribution < 1.29 is 13.2 Å². The number of rotatable bonds is 0. The fourth-order valence-corrected chi connectivity index (χ4v) is 1.87. The zero-order chi connectivity index (χ0) is 12.9. The lowest BCUT2D eigenvalue weighted by Crippen LogP contribution is -2.05. The molecule has 0 aromatic heterocycles. The highest BCUT2D eigenvalue weighted by atomic mass is 19.4. The molecular weight excluding hydrogens is 247 g/mol. The van der Waals surface area contributed by atoms with Gasteiger partial charge in [0, 0.05) is 17.1 Å². The van der Waals surface area contributed by atoms with Crippen molar-refractivity contribution in [2.24, 2.45) is 0 Å². The van der Waals surface area contributed by atoms with Crippen molar-refractivity contribution in [1.29, 1.82) is 0 Å². The summed E-state index contributed by atoms with van der Waals surface area (Å²) >= 11 is 0. The molecule has 0 atom stereocenters. The number of benzene rings is 1. The summed E-state index contributed by atoms with van der Waals surface area (Å²) in [5.74, 6) is 0. The Balaban J connectivity index is 2.38. The summed E-state index contributed by atoms with van der Waals surface area (Å²) in [7, 11) is 0. The first kappa shape index (κ1) is 10.8. The summed E-state index contributed by atoms with van der Waals surface area (Å²) in [6, 6.07) is 3.28. The fourth-order valence-electron chi connectivity index (χ4n) is 1.87. The number of alkyl halides is 3. The third kappa shape index (κ3) is 1.47. The lowest BCUT2D eigenvalue weighted by molar-refractivity contribution is -0.137. The van der Waals surface area contributed by atoms with Gasteiger partial charge in [-0.3, -0.25) is 4.79 Å². The zero-order valence-corrected chi connectivity index (χ0v) is 8.80. The molecule has 0 aliphatic carbocycles. The number of hydrogen-bond donors (Lipinski definition) is 2. The first-order valence-electron chi connectivity index (χ1n) is 5.03. The molecule has 0 spiro atoms. The van der Waals surface area contributed by atoms with Crippen LogP contribution in [0.4, 0.5) is 13.2 Å². The van der Waals surface area contributed by atoms with E-state index in [1.807, 2.05) is 0 Å². The van der Waals surface area contributed by atoms with Crippen LogP contribution in [0.1, 0.15) is 5.56 Å². The number of H-pyrrole nitrogens is 2. The number of hydrogen-bond acceptors (Lipinski definition) is 2. The third-order valence-corrected chi connectivity index (χ3v) is 2.74. The van der Waals surface area contributed by atoms with Crippen LogP contribution in [0, 0.1) is 0 Å². The molecule has 92 valence electrons. The Morgan fingerprint density at radius 3 is 2.72 bits per heavy atom. The number of nitrogens with zero attached hydrogens (tertiary/aromatic N) is 1. The molecule has 4 nitrogen and oxygen atoms in total. The quantitative estimate of drug-likeness (QED) is 0.646. The normalized spacial score (nSPS) is 12.4. The molecule has 0 radical (unpaired) electrons. The van der Waals surface area contributed by atoms with Gasteiger partial charge in [-0.25, -0.2) is 5.10 Å². The monoisotopic (exact) mass is 253 g/mol. The maximum atomic E-state index is 12.6. The first-order chi connectivity index (χ1) is 8.47. The Bertz CT molecular complexity index is 756. The smallest absolute Gasteiger partial charge is 0.360 e. The Labute approximate surface area is 97.8 Å². The van der Waals surface area contributed by atoms with E-state index in [1.165, 1.54) is 12.3 Å². The van der Waals surface area contributed by atoms with Crippen LogP contribution in [-0.4, -0.2) is 15.2 Å². The number of halogens is 3. The SMILES string of the molecule is O=c1[nH]nc2c3cc(C(F)(F)F)ccc3[nH]cc1-2. The minimum atomic E-state index is -4.42. The number of aromatic nitrogens is 3. The zero-order valence-electron chi connectivity index (χ0n) is 8.80. The summed E-state index contributed by atoms with van der Waals surface area (Å²) in [4.78, 5) is 14.1. The molecule has 0 amide bonds. The molecule has 0 saturated carbocycles. The van der Waals surface area contributed by atoms with Gasteiger partial charge in [-0.2, -0.15) is 18.3 Å². The Morgan fingerprint density at radius 2 is 2.00 bits per heavy atom. The van der Waals surface area contributed by atoms with Gasteiger partial charge in [0.05, 0.1) is 11.1 Å². The van der Waals surface area contributed by atoms with Crippen LogP contribution in [0.2, 0.25) is 0 Å². The van der Waals surface area contributed by atoms with Crippen molar-refractivity contribution in [3.63, 3.8) is 0 Å². The second-order valence-electron chi connectivity index (χ2n) is 3.86. The largest absolute Gasteiger partial charge is 0.416 e. The topological polar surface area (TPSA) is 61.5 Å². The van der Waals surface area contributed by atoms with Crippen LogP contribution >= 0.6 is 0 Å². The molecular formula is C11H6F3N3O. The summed E-state index contributed by atoms with van der Waals surface area (Å²) in [6.45, 7) is 0. The molecule has 18 heavy (non-hydrogen) atoms. The molecule has 2 aliphatic heterocycles. The van der Waals surface area contributed by atoms with Crippen LogP contribution in [0.3, 0.4) is 0 Å². The van der Waals surface area contributed by atoms with E-state index in [4.69, 9.17) is 0 Å². The highest BCUT2D eigenvalue weighted by molar-refractivity contribution is 5.93. The predicted molar refractivity (Wildman–Crippen MR) is 58.3 cm³/mol. The summed E-state index contributed by atoms with van der Waals surface area (Å²) in [5.41, 5.74) is -0.240. The van der Waals surface area contributed by atoms with E-state index in [9.17, 15) is 18.0 Å². The average molecular weight is 253 g/mol. The van der Waals surface area contributed by atoms with Crippen molar-refractivity contribution in [3.05, 3.63) is 40.3 Å². The summed E-state index contributed by atoms with van der Waals surface area (Å²) in [6.07, 6.45) is -3.00. The number of fused-ring (bicyclic) bond motifs is 3. The third-order valence-electron chi connectivity index (χ3n) is 2.74. The van der Waals surface area contributed by atoms with Crippen LogP contribution in [0.25, 0.3) is 22.2 Å². The molecule has 2 heterocycles. The number of aromatic amines is 2. The molecule has 0 unspecified atom stereocenters. The Hall–Kier alpha value is -2.31. The van der Waals surface area contributed by atoms with E-state index in [2.05, 4.69) is 15.2 Å². The van der Waals surface area contributed by atoms with Crippen molar-refractivity contribution in [2.45, 2.75) is 6.18 Å². The van der Waals surface area contributed by atoms with Gasteiger partial charge < -0.3 is 4.98 Å². The number of nitrogens with one attached hydrogen (secondary N) is 2. The van der Waals surface area contributed by atoms with Gasteiger partial charge in [-0.1, -0.05) is 0 Å². The molecule has 2 aliphatic rings. The lowest BCUT2D eigenvalue weighted by Gasteiger charge is -2.09. The second-order valence-corrected chi connectivity index (χ2v) is 3.86. The maximum Gasteiger partial charge on any atom is 0.416 e. The molecule has 3 rings (SSSR count). The molecule has 1 aromatic rings. The molecule has 0 saturated heterocycles. The minimum Gasteiger partial charge on any atom is -0.360 e. The van der Waals surface area contributed by atoms with Crippen molar-refractivity contribution in [3.8, 4) is 11.3 Å². The van der Waals surface area contributed by atoms with E-state index in [-0.39, 0.29) is 16.6 Å². The van der Waals surface area contributed by atoms with E-state index in [1.54, 1.807) is 0 Å². The highest BCUT2D eigenvalue weighted by Gasteiger charge is 2.31. The lowest BCUT2D eigenvalue weighted by atomic mass is 10.1. The minimum absolute atomic E-state index is 0.236. The van der Waals surface area contributed by atoms with E-state index in [0.29, 0.717) is 5.52 Å². The maximum absolute atomic E-state index is 12.6. The standard InChI is InChI=1S/C11H6F3N3O/c12-11(13,14)5-1-2-8-6(3-5)9-7(4-15-8)10(18)17-16-9/h1-4,15H,(H,17,18). The van der Waals surface area contributed by atoms with Crippen LogP contribution in [0.5, 0.6) is 0 Å². The van der Waals surface area contributed by atoms with Crippen molar-refractivity contribution in [1.82, 2.24) is 15.2 Å². The van der Waals surface area contributed by atoms with Crippen molar-refractivity contribution >= 4 is 10.9 Å². The predicted octanol–water partition coefficient (Wildman–Crippen LogP) is 2.37. The van der Waals surface area contributed by atoms with Gasteiger partial charge in [-0.05, 0) is 18.2 Å². The van der Waals surface area contributed by atoms with E-state index >= 15 is 0 Å². The van der Waals surface area contributed by atoms with E-state index < -0.39 is 17.3 Å². The van der Waals surface area contributed by atoms with Crippen LogP contribution in [0.15, 0.2) is 29.2 Å². The molecule has 0 bridgehead atoms. The van der Waals surface area contributed by atoms with Gasteiger partial charge in [0.1, 0.15) is 5.69 Å². The average Bonchev–Trinajstić information content (AvgIpc) is 2.70. The fraction of sp³-hybridized carbons (Fsp3) is 0.0909. The van der Waals surface area contributed by atoms with Crippen LogP contribution in [-0.2, 0) is 6.18 Å². The Kier molecular flexibility index (Phi) is 2.01. The summed E-state index contributed by atoms with van der Waals surface area (Å²) < 4.78 is 37.9. The summed E-state index contributed by atoms with van der Waals surface area (Å²) in [5, 5.41) is 6.23. The van der Waals surface area contributed by atoms with Crippen molar-refractivity contribution in [2.75, 3.05) is 0 Å². The first-order valence-corrected chi connectivity index (χ1v) is 5.03. The van der Waals surface area contributed by atoms with Gasteiger partial charge >= 0.3 is 6.18 Å². The molecule has 2 N–H and O–H groups in total. The molecule has 1 aromatic carbocycles. The van der Waals surface area contributed by atoms with Gasteiger partial charge in [0.25, 0.3) is 5.56 Å².